The van der Waals surface area contributed by atoms with Gasteiger partial charge in [0, 0.05) is 36.0 Å². The zero-order valence-corrected chi connectivity index (χ0v) is 24.8. The number of thiophene rings is 1. The molecule has 3 aromatic rings. The van der Waals surface area contributed by atoms with Crippen molar-refractivity contribution in [2.24, 2.45) is 5.92 Å². The van der Waals surface area contributed by atoms with E-state index in [0.29, 0.717) is 30.1 Å². The Hall–Kier alpha value is -2.54. The minimum atomic E-state index is -4.03. The number of aromatic nitrogens is 1. The van der Waals surface area contributed by atoms with E-state index in [4.69, 9.17) is 27.9 Å². The molecule has 0 aliphatic rings. The number of ether oxygens (including phenoxy) is 1. The molecule has 0 bridgehead atoms. The van der Waals surface area contributed by atoms with Crippen molar-refractivity contribution >= 4 is 62.3 Å². The Kier molecular flexibility index (Phi) is 11.3. The number of benzene rings is 1. The molecule has 2 heterocycles. The number of hydrogen-bond acceptors (Lipinski definition) is 7. The van der Waals surface area contributed by atoms with Crippen molar-refractivity contribution in [3.05, 3.63) is 80.2 Å². The Morgan fingerprint density at radius 1 is 1.10 bits per heavy atom. The highest BCUT2D eigenvalue weighted by atomic mass is 35.5. The lowest BCUT2D eigenvalue weighted by Crippen LogP contribution is -2.49. The second-order valence-electron chi connectivity index (χ2n) is 9.13. The summed E-state index contributed by atoms with van der Waals surface area (Å²) in [5.74, 6) is -0.919. The van der Waals surface area contributed by atoms with Crippen molar-refractivity contribution in [2.45, 2.75) is 39.3 Å². The number of carbonyl (C=O) groups excluding carboxylic acids is 2. The molecule has 1 aromatic carbocycles. The van der Waals surface area contributed by atoms with E-state index < -0.39 is 28.1 Å². The van der Waals surface area contributed by atoms with Gasteiger partial charge in [-0.25, -0.2) is 0 Å². The Balaban J connectivity index is 1.73. The molecule has 0 radical (unpaired) electrons. The molecular formula is C26H30Cl2N4O5S2. The van der Waals surface area contributed by atoms with Crippen LogP contribution in [0.2, 0.25) is 10.0 Å². The zero-order chi connectivity index (χ0) is 28.6. The lowest BCUT2D eigenvalue weighted by molar-refractivity contribution is -0.142. The van der Waals surface area contributed by atoms with Gasteiger partial charge in [0.25, 0.3) is 16.1 Å². The van der Waals surface area contributed by atoms with E-state index in [1.165, 1.54) is 35.1 Å². The molecule has 2 N–H and O–H groups in total. The first-order valence-corrected chi connectivity index (χ1v) is 15.1. The van der Waals surface area contributed by atoms with Crippen LogP contribution in [0.4, 0.5) is 5.69 Å². The van der Waals surface area contributed by atoms with Crippen LogP contribution in [0.15, 0.2) is 54.2 Å². The molecule has 1 unspecified atom stereocenters. The minimum absolute atomic E-state index is 0.0408. The minimum Gasteiger partial charge on any atom is -0.468 e. The maximum absolute atomic E-state index is 13.4. The lowest BCUT2D eigenvalue weighted by Gasteiger charge is -2.25. The molecule has 0 spiro atoms. The van der Waals surface area contributed by atoms with Crippen LogP contribution in [0, 0.1) is 5.92 Å². The van der Waals surface area contributed by atoms with Gasteiger partial charge in [-0.05, 0) is 47.9 Å². The average Bonchev–Trinajstić information content (AvgIpc) is 3.39. The van der Waals surface area contributed by atoms with Crippen molar-refractivity contribution in [1.82, 2.24) is 14.0 Å². The second kappa shape index (κ2) is 14.2. The van der Waals surface area contributed by atoms with Crippen LogP contribution in [0.5, 0.6) is 0 Å². The van der Waals surface area contributed by atoms with Gasteiger partial charge in [-0.3, -0.25) is 14.6 Å². The van der Waals surface area contributed by atoms with Crippen molar-refractivity contribution in [1.29, 1.82) is 0 Å². The molecule has 2 aromatic heterocycles. The molecule has 0 aliphatic heterocycles. The van der Waals surface area contributed by atoms with Crippen LogP contribution < -0.4 is 10.0 Å². The summed E-state index contributed by atoms with van der Waals surface area (Å²) in [6, 6.07) is 9.20. The topological polar surface area (TPSA) is 118 Å². The number of rotatable bonds is 13. The van der Waals surface area contributed by atoms with Crippen LogP contribution >= 0.6 is 34.5 Å². The maximum Gasteiger partial charge on any atom is 0.324 e. The van der Waals surface area contributed by atoms with Gasteiger partial charge in [0.2, 0.25) is 0 Å². The van der Waals surface area contributed by atoms with E-state index in [-0.39, 0.29) is 28.6 Å². The molecule has 39 heavy (non-hydrogen) atoms. The number of nitrogens with one attached hydrogen (secondary N) is 2. The second-order valence-corrected chi connectivity index (χ2v) is 12.7. The molecule has 1 atom stereocenters. The number of nitrogens with zero attached hydrogens (tertiary/aromatic N) is 2. The number of anilines is 1. The number of pyridine rings is 1. The van der Waals surface area contributed by atoms with Gasteiger partial charge in [0.15, 0.2) is 0 Å². The van der Waals surface area contributed by atoms with E-state index in [1.54, 1.807) is 24.3 Å². The standard InChI is InChI=1S/C26H30Cl2N4O5S2/c1-17(2)10-11-32(16-20-5-4-12-38-20)39(35,36)31-23(26(34)37-3)13-18-6-8-19(9-7-18)30-25(33)24-21(27)14-29-15-22(24)28/h4-9,12,14-15,17,23,31H,10-11,13,16H2,1-3H3,(H,30,33). The smallest absolute Gasteiger partial charge is 0.324 e. The number of esters is 1. The number of amides is 1. The molecule has 13 heteroatoms. The fourth-order valence-electron chi connectivity index (χ4n) is 3.61. The highest BCUT2D eigenvalue weighted by Crippen LogP contribution is 2.24. The molecule has 1 amide bonds. The Morgan fingerprint density at radius 2 is 1.77 bits per heavy atom. The van der Waals surface area contributed by atoms with E-state index >= 15 is 0 Å². The quantitative estimate of drug-likeness (QED) is 0.257. The van der Waals surface area contributed by atoms with E-state index in [1.807, 2.05) is 31.4 Å². The van der Waals surface area contributed by atoms with Crippen LogP contribution in [-0.2, 0) is 32.7 Å². The molecule has 0 saturated heterocycles. The molecule has 0 saturated carbocycles. The highest BCUT2D eigenvalue weighted by Gasteiger charge is 2.30. The third-order valence-electron chi connectivity index (χ3n) is 5.72. The molecule has 3 rings (SSSR count). The summed E-state index contributed by atoms with van der Waals surface area (Å²) < 4.78 is 35.6. The van der Waals surface area contributed by atoms with Gasteiger partial charge in [-0.15, -0.1) is 11.3 Å². The third kappa shape index (κ3) is 8.99. The summed E-state index contributed by atoms with van der Waals surface area (Å²) >= 11 is 13.6. The molecule has 0 fully saturated rings. The van der Waals surface area contributed by atoms with Gasteiger partial charge in [-0.2, -0.15) is 17.4 Å². The maximum atomic E-state index is 13.4. The van der Waals surface area contributed by atoms with Gasteiger partial charge >= 0.3 is 5.97 Å². The van der Waals surface area contributed by atoms with Crippen LogP contribution in [0.1, 0.15) is 41.1 Å². The first-order chi connectivity index (χ1) is 18.5. The Morgan fingerprint density at radius 3 is 2.33 bits per heavy atom. The SMILES string of the molecule is COC(=O)C(Cc1ccc(NC(=O)c2c(Cl)cncc2Cl)cc1)NS(=O)(=O)N(CCC(C)C)Cc1cccs1. The number of hydrogen-bond donors (Lipinski definition) is 2. The highest BCUT2D eigenvalue weighted by molar-refractivity contribution is 7.87. The van der Waals surface area contributed by atoms with Crippen molar-refractivity contribution in [3.8, 4) is 0 Å². The van der Waals surface area contributed by atoms with E-state index in [2.05, 4.69) is 15.0 Å². The van der Waals surface area contributed by atoms with E-state index in [9.17, 15) is 18.0 Å². The lowest BCUT2D eigenvalue weighted by atomic mass is 10.1. The third-order valence-corrected chi connectivity index (χ3v) is 8.73. The summed E-state index contributed by atoms with van der Waals surface area (Å²) in [6.45, 7) is 4.55. The van der Waals surface area contributed by atoms with Crippen molar-refractivity contribution in [2.75, 3.05) is 19.0 Å². The predicted molar refractivity (Wildman–Crippen MR) is 154 cm³/mol. The fraction of sp³-hybridized carbons (Fsp3) is 0.346. The van der Waals surface area contributed by atoms with Crippen LogP contribution in [0.25, 0.3) is 0 Å². The Bertz CT molecular complexity index is 1350. The summed E-state index contributed by atoms with van der Waals surface area (Å²) in [5, 5.41) is 4.83. The fourth-order valence-corrected chi connectivity index (χ4v) is 6.29. The Labute approximate surface area is 242 Å². The first-order valence-electron chi connectivity index (χ1n) is 12.1. The summed E-state index contributed by atoms with van der Waals surface area (Å²) in [6.07, 6.45) is 3.35. The monoisotopic (exact) mass is 612 g/mol. The molecule has 210 valence electrons. The normalized spacial score (nSPS) is 12.5. The van der Waals surface area contributed by atoms with Gasteiger partial charge in [0.05, 0.1) is 22.7 Å². The molecule has 9 nitrogen and oxygen atoms in total. The molecular weight excluding hydrogens is 583 g/mol. The van der Waals surface area contributed by atoms with Crippen molar-refractivity contribution in [3.63, 3.8) is 0 Å². The summed E-state index contributed by atoms with van der Waals surface area (Å²) in [5.41, 5.74) is 1.21. The van der Waals surface area contributed by atoms with Crippen LogP contribution in [-0.4, -0.2) is 49.3 Å². The molecule has 0 aliphatic carbocycles. The largest absolute Gasteiger partial charge is 0.468 e. The van der Waals surface area contributed by atoms with Gasteiger partial charge < -0.3 is 10.1 Å². The zero-order valence-electron chi connectivity index (χ0n) is 21.7. The number of carbonyl (C=O) groups is 2. The predicted octanol–water partition coefficient (Wildman–Crippen LogP) is 5.17. The average molecular weight is 614 g/mol. The number of halogens is 2. The van der Waals surface area contributed by atoms with E-state index in [0.717, 1.165) is 4.88 Å². The van der Waals surface area contributed by atoms with Crippen LogP contribution in [0.3, 0.4) is 0 Å². The summed E-state index contributed by atoms with van der Waals surface area (Å²) in [4.78, 5) is 29.9. The van der Waals surface area contributed by atoms with Crippen molar-refractivity contribution < 1.29 is 22.7 Å². The van der Waals surface area contributed by atoms with Gasteiger partial charge in [-0.1, -0.05) is 55.2 Å². The first kappa shape index (κ1) is 31.0. The summed E-state index contributed by atoms with van der Waals surface area (Å²) in [7, 11) is -2.82. The van der Waals surface area contributed by atoms with Gasteiger partial charge in [0.1, 0.15) is 6.04 Å². The number of methoxy groups -OCH3 is 1.